The highest BCUT2D eigenvalue weighted by Crippen LogP contribution is 2.39. The minimum Gasteiger partial charge on any atom is -0.507 e. The van der Waals surface area contributed by atoms with Crippen molar-refractivity contribution in [3.8, 4) is 17.2 Å². The predicted octanol–water partition coefficient (Wildman–Crippen LogP) is 2.78. The number of hydrogen-bond donors (Lipinski definition) is 3. The lowest BCUT2D eigenvalue weighted by Gasteiger charge is -2.36. The summed E-state index contributed by atoms with van der Waals surface area (Å²) in [4.78, 5) is 2.46. The SMILES string of the molecule is Cc1cc(C)c(O)c(CN2CCC3NNC(c4ccc5c(c4)OCO5)C3C2)c1. The van der Waals surface area contributed by atoms with Crippen LogP contribution in [0.2, 0.25) is 0 Å². The van der Waals surface area contributed by atoms with Gasteiger partial charge in [-0.15, -0.1) is 0 Å². The number of phenols is 1. The fraction of sp³-hybridized carbons (Fsp3) is 0.455. The number of nitrogens with zero attached hydrogens (tertiary/aromatic N) is 1. The van der Waals surface area contributed by atoms with Crippen molar-refractivity contribution in [1.29, 1.82) is 0 Å². The van der Waals surface area contributed by atoms with Crippen LogP contribution in [0, 0.1) is 19.8 Å². The van der Waals surface area contributed by atoms with Crippen LogP contribution in [0.15, 0.2) is 30.3 Å². The molecule has 28 heavy (non-hydrogen) atoms. The first-order valence-electron chi connectivity index (χ1n) is 10.0. The molecule has 0 radical (unpaired) electrons. The molecule has 2 saturated heterocycles. The van der Waals surface area contributed by atoms with Gasteiger partial charge in [0, 0.05) is 37.2 Å². The van der Waals surface area contributed by atoms with Gasteiger partial charge in [0.15, 0.2) is 11.5 Å². The maximum Gasteiger partial charge on any atom is 0.231 e. The quantitative estimate of drug-likeness (QED) is 0.760. The lowest BCUT2D eigenvalue weighted by atomic mass is 9.85. The lowest BCUT2D eigenvalue weighted by molar-refractivity contribution is 0.147. The summed E-state index contributed by atoms with van der Waals surface area (Å²) in [6.07, 6.45) is 1.09. The van der Waals surface area contributed by atoms with Gasteiger partial charge in [0.2, 0.25) is 6.79 Å². The van der Waals surface area contributed by atoms with Gasteiger partial charge in [0.05, 0.1) is 6.04 Å². The molecule has 3 heterocycles. The third kappa shape index (κ3) is 3.11. The van der Waals surface area contributed by atoms with Crippen LogP contribution in [-0.4, -0.2) is 35.9 Å². The number of nitrogens with one attached hydrogen (secondary N) is 2. The fourth-order valence-corrected chi connectivity index (χ4v) is 4.86. The van der Waals surface area contributed by atoms with Crippen molar-refractivity contribution in [2.24, 2.45) is 5.92 Å². The standard InChI is InChI=1S/C22H27N3O3/c1-13-7-14(2)22(26)16(8-13)10-25-6-5-18-17(11-25)21(24-23-18)15-3-4-19-20(9-15)28-12-27-19/h3-4,7-9,17-18,21,23-24,26H,5-6,10-12H2,1-2H3. The Hall–Kier alpha value is -2.28. The van der Waals surface area contributed by atoms with Crippen molar-refractivity contribution in [2.75, 3.05) is 19.9 Å². The topological polar surface area (TPSA) is 66.0 Å². The highest BCUT2D eigenvalue weighted by molar-refractivity contribution is 5.46. The zero-order valence-corrected chi connectivity index (χ0v) is 16.4. The fourth-order valence-electron chi connectivity index (χ4n) is 4.86. The molecule has 6 nitrogen and oxygen atoms in total. The largest absolute Gasteiger partial charge is 0.507 e. The summed E-state index contributed by atoms with van der Waals surface area (Å²) < 4.78 is 11.0. The van der Waals surface area contributed by atoms with Crippen LogP contribution in [0.4, 0.5) is 0 Å². The first-order valence-corrected chi connectivity index (χ1v) is 10.0. The van der Waals surface area contributed by atoms with Crippen LogP contribution in [0.3, 0.4) is 0 Å². The Labute approximate surface area is 165 Å². The van der Waals surface area contributed by atoms with E-state index in [9.17, 15) is 5.11 Å². The maximum absolute atomic E-state index is 10.5. The van der Waals surface area contributed by atoms with Crippen molar-refractivity contribution >= 4 is 0 Å². The lowest BCUT2D eigenvalue weighted by Crippen LogP contribution is -2.45. The number of piperidine rings is 1. The molecule has 5 rings (SSSR count). The summed E-state index contributed by atoms with van der Waals surface area (Å²) >= 11 is 0. The van der Waals surface area contributed by atoms with Crippen molar-refractivity contribution in [3.63, 3.8) is 0 Å². The Morgan fingerprint density at radius 1 is 1.11 bits per heavy atom. The second kappa shape index (κ2) is 6.95. The minimum atomic E-state index is 0.232. The van der Waals surface area contributed by atoms with E-state index in [-0.39, 0.29) is 6.04 Å². The molecule has 0 saturated carbocycles. The summed E-state index contributed by atoms with van der Waals surface area (Å²) in [6, 6.07) is 11.1. The van der Waals surface area contributed by atoms with Gasteiger partial charge in [-0.2, -0.15) is 0 Å². The molecule has 2 fully saturated rings. The summed E-state index contributed by atoms with van der Waals surface area (Å²) in [5, 5.41) is 10.5. The highest BCUT2D eigenvalue weighted by Gasteiger charge is 2.40. The minimum absolute atomic E-state index is 0.232. The molecule has 0 aliphatic carbocycles. The monoisotopic (exact) mass is 381 g/mol. The van der Waals surface area contributed by atoms with Gasteiger partial charge in [-0.25, -0.2) is 5.43 Å². The van der Waals surface area contributed by atoms with Crippen LogP contribution < -0.4 is 20.3 Å². The van der Waals surface area contributed by atoms with Gasteiger partial charge in [-0.05, 0) is 43.5 Å². The molecule has 2 aromatic carbocycles. The number of aromatic hydroxyl groups is 1. The number of aryl methyl sites for hydroxylation is 2. The Bertz CT molecular complexity index is 901. The molecular formula is C22H27N3O3. The Balaban J connectivity index is 1.34. The molecular weight excluding hydrogens is 354 g/mol. The van der Waals surface area contributed by atoms with E-state index in [0.29, 0.717) is 24.5 Å². The van der Waals surface area contributed by atoms with E-state index in [1.54, 1.807) is 0 Å². The van der Waals surface area contributed by atoms with Crippen LogP contribution in [-0.2, 0) is 6.54 Å². The molecule has 0 spiro atoms. The Kier molecular flexibility index (Phi) is 4.42. The number of hydrogen-bond acceptors (Lipinski definition) is 6. The molecule has 148 valence electrons. The average Bonchev–Trinajstić information content (AvgIpc) is 3.31. The molecule has 3 unspecified atom stereocenters. The van der Waals surface area contributed by atoms with E-state index in [0.717, 1.165) is 48.7 Å². The van der Waals surface area contributed by atoms with Gasteiger partial charge < -0.3 is 14.6 Å². The number of likely N-dealkylation sites (tertiary alicyclic amines) is 1. The van der Waals surface area contributed by atoms with Crippen molar-refractivity contribution in [3.05, 3.63) is 52.6 Å². The number of ether oxygens (including phenoxy) is 2. The van der Waals surface area contributed by atoms with Gasteiger partial charge >= 0.3 is 0 Å². The number of fused-ring (bicyclic) bond motifs is 2. The third-order valence-corrected chi connectivity index (χ3v) is 6.27. The molecule has 3 aliphatic rings. The van der Waals surface area contributed by atoms with Crippen molar-refractivity contribution in [2.45, 2.75) is 38.9 Å². The number of rotatable bonds is 3. The van der Waals surface area contributed by atoms with Gasteiger partial charge in [-0.1, -0.05) is 23.8 Å². The summed E-state index contributed by atoms with van der Waals surface area (Å²) in [7, 11) is 0. The molecule has 3 atom stereocenters. The molecule has 2 aromatic rings. The van der Waals surface area contributed by atoms with E-state index < -0.39 is 0 Å². The normalized spacial score (nSPS) is 26.4. The van der Waals surface area contributed by atoms with Gasteiger partial charge in [0.1, 0.15) is 5.75 Å². The van der Waals surface area contributed by atoms with Gasteiger partial charge in [0.25, 0.3) is 0 Å². The van der Waals surface area contributed by atoms with Crippen LogP contribution in [0.5, 0.6) is 17.2 Å². The van der Waals surface area contributed by atoms with Crippen LogP contribution >= 0.6 is 0 Å². The first-order chi connectivity index (χ1) is 13.6. The second-order valence-electron chi connectivity index (χ2n) is 8.26. The number of hydrazine groups is 1. The average molecular weight is 381 g/mol. The molecule has 0 amide bonds. The Morgan fingerprint density at radius 2 is 1.96 bits per heavy atom. The molecule has 0 bridgehead atoms. The van der Waals surface area contributed by atoms with E-state index in [1.165, 1.54) is 11.1 Å². The molecule has 6 heteroatoms. The first kappa shape index (κ1) is 17.8. The number of phenolic OH excluding ortho intramolecular Hbond substituents is 1. The van der Waals surface area contributed by atoms with Crippen LogP contribution in [0.25, 0.3) is 0 Å². The van der Waals surface area contributed by atoms with Crippen molar-refractivity contribution in [1.82, 2.24) is 15.8 Å². The Morgan fingerprint density at radius 3 is 2.86 bits per heavy atom. The zero-order valence-electron chi connectivity index (χ0n) is 16.4. The van der Waals surface area contributed by atoms with E-state index in [4.69, 9.17) is 9.47 Å². The summed E-state index contributed by atoms with van der Waals surface area (Å²) in [5.41, 5.74) is 11.4. The zero-order chi connectivity index (χ0) is 19.3. The predicted molar refractivity (Wildman–Crippen MR) is 106 cm³/mol. The summed E-state index contributed by atoms with van der Waals surface area (Å²) in [5.74, 6) is 2.54. The molecule has 0 aromatic heterocycles. The third-order valence-electron chi connectivity index (χ3n) is 6.27. The second-order valence-corrected chi connectivity index (χ2v) is 8.26. The number of benzene rings is 2. The molecule has 3 aliphatic heterocycles. The van der Waals surface area contributed by atoms with Gasteiger partial charge in [-0.3, -0.25) is 10.3 Å². The van der Waals surface area contributed by atoms with E-state index in [2.05, 4.69) is 40.9 Å². The van der Waals surface area contributed by atoms with Crippen LogP contribution in [0.1, 0.15) is 34.7 Å². The highest BCUT2D eigenvalue weighted by atomic mass is 16.7. The van der Waals surface area contributed by atoms with Crippen molar-refractivity contribution < 1.29 is 14.6 Å². The maximum atomic E-state index is 10.5. The summed E-state index contributed by atoms with van der Waals surface area (Å²) in [6.45, 7) is 7.15. The van der Waals surface area contributed by atoms with E-state index >= 15 is 0 Å². The smallest absolute Gasteiger partial charge is 0.231 e. The van der Waals surface area contributed by atoms with E-state index in [1.807, 2.05) is 19.1 Å². The molecule has 3 N–H and O–H groups in total.